The molecule has 7 aromatic carbocycles. The monoisotopic (exact) mass is 820 g/mol. The van der Waals surface area contributed by atoms with Crippen LogP contribution in [0.5, 0.6) is 0 Å². The first-order chi connectivity index (χ1) is 27.0. The molecule has 1 aromatic heterocycles. The third kappa shape index (κ3) is 7.44. The molecule has 0 aliphatic heterocycles. The second-order valence-corrected chi connectivity index (χ2v) is 13.9. The van der Waals surface area contributed by atoms with Crippen molar-refractivity contribution in [3.8, 4) is 56.4 Å². The molecule has 0 amide bonds. The van der Waals surface area contributed by atoms with Crippen molar-refractivity contribution < 1.29 is 0 Å². The number of benzene rings is 7. The van der Waals surface area contributed by atoms with Crippen LogP contribution in [0, 0.1) is 0 Å². The zero-order valence-electron chi connectivity index (χ0n) is 30.6. The Bertz CT molecular complexity index is 2630. The zero-order chi connectivity index (χ0) is 37.7. The number of hydrogen-bond acceptors (Lipinski definition) is 4. The first kappa shape index (κ1) is 35.7. The van der Waals surface area contributed by atoms with Crippen LogP contribution in [0.3, 0.4) is 0 Å². The highest BCUT2D eigenvalue weighted by molar-refractivity contribution is 14.1. The molecule has 0 aliphatic rings. The standard InChI is InChI=1S/C50H37IN4/c1-4-11-33(2)47(52-32-51)34(3)35-20-26-40(27-21-35)48-53-49(41-28-22-38(23-29-41)45-18-9-14-36-12-5-7-16-43(36)45)55-50(54-48)42-30-24-39(25-31-42)46-19-10-15-37-13-6-8-17-44(37)46/h4-32H,3H2,1-2H3/b11-4-,47-33+,52-32?. The van der Waals surface area contributed by atoms with Crippen molar-refractivity contribution in [2.24, 2.45) is 4.99 Å². The minimum absolute atomic E-state index is 0.597. The van der Waals surface area contributed by atoms with E-state index in [1.807, 2.05) is 25.1 Å². The van der Waals surface area contributed by atoms with Gasteiger partial charge in [0.2, 0.25) is 0 Å². The second-order valence-electron chi connectivity index (χ2n) is 13.3. The molecule has 0 N–H and O–H groups in total. The summed E-state index contributed by atoms with van der Waals surface area (Å²) in [5.74, 6) is 1.82. The van der Waals surface area contributed by atoms with E-state index in [-0.39, 0.29) is 0 Å². The summed E-state index contributed by atoms with van der Waals surface area (Å²) in [6, 6.07) is 55.1. The summed E-state index contributed by atoms with van der Waals surface area (Å²) < 4.78 is 1.77. The normalized spacial score (nSPS) is 12.1. The molecule has 1 heterocycles. The number of aliphatic imine (C=N–C) groups is 1. The van der Waals surface area contributed by atoms with Crippen molar-refractivity contribution in [1.82, 2.24) is 15.0 Å². The molecule has 8 rings (SSSR count). The van der Waals surface area contributed by atoms with Gasteiger partial charge in [-0.05, 0) is 91.4 Å². The Balaban J connectivity index is 1.19. The van der Waals surface area contributed by atoms with E-state index >= 15 is 0 Å². The highest BCUT2D eigenvalue weighted by atomic mass is 127. The molecule has 0 unspecified atom stereocenters. The summed E-state index contributed by atoms with van der Waals surface area (Å²) in [6.45, 7) is 8.45. The number of aromatic nitrogens is 3. The van der Waals surface area contributed by atoms with Crippen molar-refractivity contribution in [3.63, 3.8) is 0 Å². The van der Waals surface area contributed by atoms with Crippen LogP contribution in [-0.2, 0) is 0 Å². The first-order valence-corrected chi connectivity index (χ1v) is 19.4. The number of fused-ring (bicyclic) bond motifs is 2. The van der Waals surface area contributed by atoms with Crippen LogP contribution in [0.25, 0.3) is 83.5 Å². The van der Waals surface area contributed by atoms with E-state index < -0.39 is 0 Å². The smallest absolute Gasteiger partial charge is 0.164 e. The van der Waals surface area contributed by atoms with Gasteiger partial charge in [-0.1, -0.05) is 176 Å². The van der Waals surface area contributed by atoms with Crippen molar-refractivity contribution in [2.75, 3.05) is 0 Å². The first-order valence-electron chi connectivity index (χ1n) is 18.2. The summed E-state index contributed by atoms with van der Waals surface area (Å²) >= 11 is 2.15. The van der Waals surface area contributed by atoms with E-state index in [0.29, 0.717) is 17.5 Å². The lowest BCUT2D eigenvalue weighted by Gasteiger charge is -2.12. The molecule has 0 saturated carbocycles. The van der Waals surface area contributed by atoms with Gasteiger partial charge in [-0.2, -0.15) is 0 Å². The van der Waals surface area contributed by atoms with E-state index in [1.165, 1.54) is 32.7 Å². The maximum atomic E-state index is 5.06. The maximum absolute atomic E-state index is 5.06. The number of allylic oxidation sites excluding steroid dienone is 4. The lowest BCUT2D eigenvalue weighted by Crippen LogP contribution is -2.00. The molecule has 55 heavy (non-hydrogen) atoms. The van der Waals surface area contributed by atoms with Crippen LogP contribution >= 0.6 is 22.6 Å². The van der Waals surface area contributed by atoms with E-state index in [9.17, 15) is 0 Å². The zero-order valence-corrected chi connectivity index (χ0v) is 32.8. The van der Waals surface area contributed by atoms with Gasteiger partial charge in [0.05, 0.1) is 9.92 Å². The third-order valence-corrected chi connectivity index (χ3v) is 10.1. The Morgan fingerprint density at radius 3 is 1.36 bits per heavy atom. The van der Waals surface area contributed by atoms with Gasteiger partial charge in [0, 0.05) is 22.3 Å². The van der Waals surface area contributed by atoms with E-state index in [1.54, 1.807) is 4.22 Å². The Hall–Kier alpha value is -6.31. The van der Waals surface area contributed by atoms with Crippen LogP contribution in [0.4, 0.5) is 0 Å². The van der Waals surface area contributed by atoms with Gasteiger partial charge >= 0.3 is 0 Å². The highest BCUT2D eigenvalue weighted by Crippen LogP contribution is 2.34. The molecule has 0 saturated heterocycles. The summed E-state index contributed by atoms with van der Waals surface area (Å²) in [5, 5.41) is 4.88. The summed E-state index contributed by atoms with van der Waals surface area (Å²) in [5.41, 5.74) is 11.1. The molecule has 0 aliphatic carbocycles. The fourth-order valence-electron chi connectivity index (χ4n) is 7.07. The molecular formula is C50H37IN4. The Morgan fingerprint density at radius 2 is 0.927 bits per heavy atom. The Morgan fingerprint density at radius 1 is 0.527 bits per heavy atom. The lowest BCUT2D eigenvalue weighted by molar-refractivity contribution is 1.07. The topological polar surface area (TPSA) is 51.0 Å². The maximum Gasteiger partial charge on any atom is 0.164 e. The lowest BCUT2D eigenvalue weighted by atomic mass is 9.97. The minimum atomic E-state index is 0.597. The van der Waals surface area contributed by atoms with Crippen molar-refractivity contribution in [2.45, 2.75) is 13.8 Å². The third-order valence-electron chi connectivity index (χ3n) is 9.87. The quantitative estimate of drug-likeness (QED) is 0.0828. The molecule has 8 aromatic rings. The fourth-order valence-corrected chi connectivity index (χ4v) is 7.35. The predicted octanol–water partition coefficient (Wildman–Crippen LogP) is 13.8. The average Bonchev–Trinajstić information content (AvgIpc) is 3.25. The number of halogens is 1. The Labute approximate surface area is 335 Å². The number of nitrogens with zero attached hydrogens (tertiary/aromatic N) is 4. The molecule has 0 radical (unpaired) electrons. The van der Waals surface area contributed by atoms with Gasteiger partial charge in [-0.3, -0.25) is 0 Å². The van der Waals surface area contributed by atoms with Gasteiger partial charge < -0.3 is 0 Å². The van der Waals surface area contributed by atoms with E-state index in [0.717, 1.165) is 50.2 Å². The van der Waals surface area contributed by atoms with E-state index in [2.05, 4.69) is 193 Å². The number of hydrogen-bond donors (Lipinski definition) is 0. The second kappa shape index (κ2) is 16.0. The highest BCUT2D eigenvalue weighted by Gasteiger charge is 2.15. The summed E-state index contributed by atoms with van der Waals surface area (Å²) in [7, 11) is 0. The van der Waals surface area contributed by atoms with Crippen LogP contribution in [0.1, 0.15) is 19.4 Å². The molecule has 0 bridgehead atoms. The van der Waals surface area contributed by atoms with Crippen molar-refractivity contribution in [3.05, 3.63) is 193 Å². The SMILES string of the molecule is C=C(/C(N=CI)=C(C)\C=C/C)c1ccc(-c2nc(-c3ccc(-c4cccc5ccccc45)cc3)nc(-c3ccc(-c4cccc5ccccc45)cc3)n2)cc1. The van der Waals surface area contributed by atoms with Gasteiger partial charge in [-0.25, -0.2) is 19.9 Å². The van der Waals surface area contributed by atoms with Gasteiger partial charge in [0.15, 0.2) is 17.5 Å². The molecule has 5 heteroatoms. The molecule has 0 fully saturated rings. The Kier molecular flexibility index (Phi) is 10.4. The summed E-state index contributed by atoms with van der Waals surface area (Å²) in [6.07, 6.45) is 4.06. The van der Waals surface area contributed by atoms with Crippen molar-refractivity contribution in [1.29, 1.82) is 0 Å². The van der Waals surface area contributed by atoms with Gasteiger partial charge in [0.1, 0.15) is 0 Å². The van der Waals surface area contributed by atoms with Crippen LogP contribution < -0.4 is 0 Å². The minimum Gasteiger partial charge on any atom is -0.249 e. The van der Waals surface area contributed by atoms with E-state index in [4.69, 9.17) is 15.0 Å². The van der Waals surface area contributed by atoms with Crippen LogP contribution in [0.2, 0.25) is 0 Å². The molecule has 264 valence electrons. The van der Waals surface area contributed by atoms with Crippen LogP contribution in [-0.4, -0.2) is 19.2 Å². The fraction of sp³-hybridized carbons (Fsp3) is 0.0400. The molecule has 0 atom stereocenters. The number of rotatable bonds is 9. The van der Waals surface area contributed by atoms with Crippen LogP contribution in [0.15, 0.2) is 193 Å². The average molecular weight is 821 g/mol. The van der Waals surface area contributed by atoms with Crippen molar-refractivity contribution >= 4 is 53.9 Å². The largest absolute Gasteiger partial charge is 0.249 e. The van der Waals surface area contributed by atoms with Gasteiger partial charge in [0.25, 0.3) is 0 Å². The predicted molar refractivity (Wildman–Crippen MR) is 241 cm³/mol. The summed E-state index contributed by atoms with van der Waals surface area (Å²) in [4.78, 5) is 19.8. The molecule has 4 nitrogen and oxygen atoms in total. The van der Waals surface area contributed by atoms with Gasteiger partial charge in [-0.15, -0.1) is 0 Å². The molecule has 0 spiro atoms. The molecular weight excluding hydrogens is 783 g/mol.